The molecule has 0 spiro atoms. The molecular weight excluding hydrogens is 250 g/mol. The second kappa shape index (κ2) is 5.23. The third-order valence-corrected chi connectivity index (χ3v) is 2.91. The molecule has 0 bridgehead atoms. The average molecular weight is 264 g/mol. The van der Waals surface area contributed by atoms with E-state index in [4.69, 9.17) is 11.6 Å². The quantitative estimate of drug-likeness (QED) is 0.865. The van der Waals surface area contributed by atoms with Gasteiger partial charge in [0.05, 0.1) is 5.69 Å². The van der Waals surface area contributed by atoms with E-state index in [0.717, 1.165) is 16.8 Å². The Labute approximate surface area is 111 Å². The Morgan fingerprint density at radius 3 is 2.67 bits per heavy atom. The molecule has 0 saturated carbocycles. The molecule has 0 fully saturated rings. The van der Waals surface area contributed by atoms with Crippen molar-refractivity contribution in [2.24, 2.45) is 7.05 Å². The van der Waals surface area contributed by atoms with Crippen LogP contribution in [0.2, 0.25) is 0 Å². The fourth-order valence-corrected chi connectivity index (χ4v) is 1.98. The van der Waals surface area contributed by atoms with Gasteiger partial charge in [-0.05, 0) is 12.5 Å². The van der Waals surface area contributed by atoms with Crippen LogP contribution < -0.4 is 5.32 Å². The van der Waals surface area contributed by atoms with E-state index < -0.39 is 0 Å². The number of carbonyl (C=O) groups is 1. The van der Waals surface area contributed by atoms with Gasteiger partial charge < -0.3 is 5.32 Å². The number of benzene rings is 1. The van der Waals surface area contributed by atoms with Gasteiger partial charge in [0.15, 0.2) is 0 Å². The smallest absolute Gasteiger partial charge is 0.240 e. The molecule has 0 saturated heterocycles. The van der Waals surface area contributed by atoms with E-state index in [9.17, 15) is 4.79 Å². The van der Waals surface area contributed by atoms with Gasteiger partial charge in [-0.1, -0.05) is 30.3 Å². The normalized spacial score (nSPS) is 10.4. The molecule has 94 valence electrons. The monoisotopic (exact) mass is 263 g/mol. The lowest BCUT2D eigenvalue weighted by atomic mass is 10.1. The molecule has 4 nitrogen and oxygen atoms in total. The van der Waals surface area contributed by atoms with Crippen molar-refractivity contribution in [3.63, 3.8) is 0 Å². The predicted octanol–water partition coefficient (Wildman–Crippen LogP) is 2.57. The molecule has 1 aromatic heterocycles. The highest BCUT2D eigenvalue weighted by molar-refractivity contribution is 6.29. The Bertz CT molecular complexity index is 563. The van der Waals surface area contributed by atoms with Gasteiger partial charge >= 0.3 is 0 Å². The maximum Gasteiger partial charge on any atom is 0.240 e. The van der Waals surface area contributed by atoms with Gasteiger partial charge in [0, 0.05) is 12.6 Å². The lowest BCUT2D eigenvalue weighted by Crippen LogP contribution is -2.15. The highest BCUT2D eigenvalue weighted by Crippen LogP contribution is 2.30. The van der Waals surface area contributed by atoms with Crippen molar-refractivity contribution in [1.29, 1.82) is 0 Å². The van der Waals surface area contributed by atoms with Crippen LogP contribution in [-0.2, 0) is 11.8 Å². The van der Waals surface area contributed by atoms with E-state index in [1.165, 1.54) is 0 Å². The minimum absolute atomic E-state index is 0.0710. The molecule has 2 aromatic rings. The summed E-state index contributed by atoms with van der Waals surface area (Å²) in [6.45, 7) is 1.92. The van der Waals surface area contributed by atoms with Crippen LogP contribution in [0.25, 0.3) is 11.1 Å². The van der Waals surface area contributed by atoms with E-state index in [2.05, 4.69) is 10.4 Å². The topological polar surface area (TPSA) is 46.9 Å². The molecule has 5 heteroatoms. The van der Waals surface area contributed by atoms with Gasteiger partial charge in [-0.25, -0.2) is 0 Å². The van der Waals surface area contributed by atoms with Gasteiger partial charge in [0.1, 0.15) is 11.7 Å². The Kier molecular flexibility index (Phi) is 3.67. The third-order valence-electron chi connectivity index (χ3n) is 2.66. The summed E-state index contributed by atoms with van der Waals surface area (Å²) in [5.74, 6) is 0.361. The Hall–Kier alpha value is -1.81. The number of nitrogens with one attached hydrogen (secondary N) is 1. The first kappa shape index (κ1) is 12.6. The molecule has 1 heterocycles. The Morgan fingerprint density at radius 1 is 1.39 bits per heavy atom. The van der Waals surface area contributed by atoms with E-state index >= 15 is 0 Å². The molecule has 0 aliphatic rings. The van der Waals surface area contributed by atoms with Crippen LogP contribution in [-0.4, -0.2) is 21.6 Å². The molecule has 2 rings (SSSR count). The lowest BCUT2D eigenvalue weighted by molar-refractivity contribution is -0.114. The number of hydrogen-bond donors (Lipinski definition) is 1. The fraction of sp³-hybridized carbons (Fsp3) is 0.231. The number of rotatable bonds is 3. The van der Waals surface area contributed by atoms with E-state index in [1.54, 1.807) is 11.7 Å². The van der Waals surface area contributed by atoms with E-state index in [1.807, 2.05) is 37.3 Å². The van der Waals surface area contributed by atoms with Crippen molar-refractivity contribution in [3.8, 4) is 11.1 Å². The van der Waals surface area contributed by atoms with Crippen molar-refractivity contribution in [2.45, 2.75) is 6.92 Å². The van der Waals surface area contributed by atoms with Crippen LogP contribution in [0.3, 0.4) is 0 Å². The number of carbonyl (C=O) groups excluding carboxylic acids is 1. The van der Waals surface area contributed by atoms with Crippen LogP contribution in [0.1, 0.15) is 5.69 Å². The predicted molar refractivity (Wildman–Crippen MR) is 72.7 cm³/mol. The first-order chi connectivity index (χ1) is 8.63. The molecule has 18 heavy (non-hydrogen) atoms. The molecular formula is C13H14ClN3O. The minimum atomic E-state index is -0.239. The van der Waals surface area contributed by atoms with Gasteiger partial charge in [-0.15, -0.1) is 11.6 Å². The number of amides is 1. The van der Waals surface area contributed by atoms with Crippen molar-refractivity contribution >= 4 is 23.3 Å². The Balaban J connectivity index is 2.50. The Morgan fingerprint density at radius 2 is 2.06 bits per heavy atom. The average Bonchev–Trinajstić information content (AvgIpc) is 2.65. The number of nitrogens with zero attached hydrogens (tertiary/aromatic N) is 2. The number of aryl methyl sites for hydroxylation is 2. The summed E-state index contributed by atoms with van der Waals surface area (Å²) in [7, 11) is 1.79. The summed E-state index contributed by atoms with van der Waals surface area (Å²) in [6, 6.07) is 9.83. The summed E-state index contributed by atoms with van der Waals surface area (Å²) in [4.78, 5) is 11.4. The standard InChI is InChI=1S/C13H14ClN3O/c1-9-12(10-6-4-3-5-7-10)13(17(2)16-9)15-11(18)8-14/h3-7H,8H2,1-2H3,(H,15,18). The first-order valence-electron chi connectivity index (χ1n) is 5.58. The number of anilines is 1. The summed E-state index contributed by atoms with van der Waals surface area (Å²) in [6.07, 6.45) is 0. The van der Waals surface area contributed by atoms with Crippen LogP contribution in [0, 0.1) is 6.92 Å². The largest absolute Gasteiger partial charge is 0.309 e. The zero-order valence-electron chi connectivity index (χ0n) is 10.3. The van der Waals surface area contributed by atoms with Gasteiger partial charge in [0.2, 0.25) is 5.91 Å². The van der Waals surface area contributed by atoms with Crippen molar-refractivity contribution in [2.75, 3.05) is 11.2 Å². The molecule has 0 aliphatic carbocycles. The summed E-state index contributed by atoms with van der Waals surface area (Å²) in [5.41, 5.74) is 2.82. The van der Waals surface area contributed by atoms with Crippen LogP contribution in [0.5, 0.6) is 0 Å². The number of halogens is 1. The summed E-state index contributed by atoms with van der Waals surface area (Å²) in [5, 5.41) is 7.11. The first-order valence-corrected chi connectivity index (χ1v) is 6.11. The second-order valence-corrected chi connectivity index (χ2v) is 4.25. The number of hydrogen-bond acceptors (Lipinski definition) is 2. The number of alkyl halides is 1. The van der Waals surface area contributed by atoms with Crippen LogP contribution in [0.15, 0.2) is 30.3 Å². The summed E-state index contributed by atoms with van der Waals surface area (Å²) < 4.78 is 1.65. The summed E-state index contributed by atoms with van der Waals surface area (Å²) >= 11 is 5.52. The zero-order chi connectivity index (χ0) is 13.1. The molecule has 1 aromatic carbocycles. The van der Waals surface area contributed by atoms with Crippen molar-refractivity contribution < 1.29 is 4.79 Å². The zero-order valence-corrected chi connectivity index (χ0v) is 11.0. The van der Waals surface area contributed by atoms with Gasteiger partial charge in [-0.3, -0.25) is 9.48 Å². The highest BCUT2D eigenvalue weighted by atomic mass is 35.5. The number of aromatic nitrogens is 2. The molecule has 1 amide bonds. The SMILES string of the molecule is Cc1nn(C)c(NC(=O)CCl)c1-c1ccccc1. The minimum Gasteiger partial charge on any atom is -0.309 e. The molecule has 1 N–H and O–H groups in total. The highest BCUT2D eigenvalue weighted by Gasteiger charge is 2.16. The molecule has 0 unspecified atom stereocenters. The molecule has 0 atom stereocenters. The lowest BCUT2D eigenvalue weighted by Gasteiger charge is -2.07. The maximum atomic E-state index is 11.4. The van der Waals surface area contributed by atoms with Crippen LogP contribution >= 0.6 is 11.6 Å². The van der Waals surface area contributed by atoms with Gasteiger partial charge in [0.25, 0.3) is 0 Å². The molecule has 0 aliphatic heterocycles. The van der Waals surface area contributed by atoms with E-state index in [0.29, 0.717) is 5.82 Å². The fourth-order valence-electron chi connectivity index (χ4n) is 1.92. The van der Waals surface area contributed by atoms with E-state index in [-0.39, 0.29) is 11.8 Å². The second-order valence-electron chi connectivity index (χ2n) is 3.98. The molecule has 0 radical (unpaired) electrons. The third kappa shape index (κ3) is 2.38. The van der Waals surface area contributed by atoms with Gasteiger partial charge in [-0.2, -0.15) is 5.10 Å². The van der Waals surface area contributed by atoms with Crippen LogP contribution in [0.4, 0.5) is 5.82 Å². The van der Waals surface area contributed by atoms with Crippen molar-refractivity contribution in [3.05, 3.63) is 36.0 Å². The van der Waals surface area contributed by atoms with Crippen molar-refractivity contribution in [1.82, 2.24) is 9.78 Å². The maximum absolute atomic E-state index is 11.4.